The number of nitrogens with one attached hydrogen (secondary N) is 1. The van der Waals surface area contributed by atoms with Gasteiger partial charge in [-0.15, -0.1) is 0 Å². The van der Waals surface area contributed by atoms with Crippen LogP contribution >= 0.6 is 0 Å². The summed E-state index contributed by atoms with van der Waals surface area (Å²) in [6.07, 6.45) is 4.89. The molecule has 4 rings (SSSR count). The first-order valence-corrected chi connectivity index (χ1v) is 12.8. The Morgan fingerprint density at radius 2 is 1.94 bits per heavy atom. The number of likely N-dealkylation sites (tertiary alicyclic amines) is 1. The summed E-state index contributed by atoms with van der Waals surface area (Å²) in [5, 5.41) is 14.3. The summed E-state index contributed by atoms with van der Waals surface area (Å²) in [5.74, 6) is 1.05. The van der Waals surface area contributed by atoms with E-state index < -0.39 is 18.1 Å². The van der Waals surface area contributed by atoms with Crippen molar-refractivity contribution >= 4 is 17.8 Å². The molecule has 5 atom stereocenters. The number of benzene rings is 1. The van der Waals surface area contributed by atoms with E-state index in [4.69, 9.17) is 9.47 Å². The highest BCUT2D eigenvalue weighted by Gasteiger charge is 2.42. The Balaban J connectivity index is 1.49. The summed E-state index contributed by atoms with van der Waals surface area (Å²) < 4.78 is 10.7. The van der Waals surface area contributed by atoms with Gasteiger partial charge in [0.25, 0.3) is 0 Å². The maximum atomic E-state index is 13.2. The van der Waals surface area contributed by atoms with Crippen LogP contribution in [-0.4, -0.2) is 78.3 Å². The number of carbonyl (C=O) groups excluding carboxylic acids is 2. The van der Waals surface area contributed by atoms with Gasteiger partial charge in [-0.25, -0.2) is 9.79 Å². The number of amides is 1. The van der Waals surface area contributed by atoms with E-state index in [0.717, 1.165) is 13.0 Å². The summed E-state index contributed by atoms with van der Waals surface area (Å²) in [6.45, 7) is 7.39. The minimum absolute atomic E-state index is 0.0348. The number of hydrogen-bond acceptors (Lipinski definition) is 7. The van der Waals surface area contributed by atoms with Crippen LogP contribution in [-0.2, 0) is 14.3 Å². The Kier molecular flexibility index (Phi) is 7.81. The van der Waals surface area contributed by atoms with Gasteiger partial charge < -0.3 is 19.9 Å². The van der Waals surface area contributed by atoms with Crippen LogP contribution in [0.3, 0.4) is 0 Å². The highest BCUT2D eigenvalue weighted by atomic mass is 16.5. The zero-order valence-electron chi connectivity index (χ0n) is 21.3. The number of β-amino-alcohol motifs (C(OH)–C–C–N with tert-alkyl or cyclic N) is 1. The molecule has 2 N–H and O–H groups in total. The third-order valence-corrected chi connectivity index (χ3v) is 7.41. The van der Waals surface area contributed by atoms with Gasteiger partial charge in [-0.1, -0.05) is 31.4 Å². The van der Waals surface area contributed by atoms with Crippen LogP contribution in [0.25, 0.3) is 0 Å². The van der Waals surface area contributed by atoms with Crippen LogP contribution in [0.1, 0.15) is 68.8 Å². The fourth-order valence-electron chi connectivity index (χ4n) is 5.68. The molecule has 2 fully saturated rings. The monoisotopic (exact) mass is 485 g/mol. The van der Waals surface area contributed by atoms with E-state index in [0.29, 0.717) is 35.4 Å². The van der Waals surface area contributed by atoms with E-state index in [1.165, 1.54) is 32.8 Å². The van der Waals surface area contributed by atoms with Gasteiger partial charge in [0.15, 0.2) is 0 Å². The van der Waals surface area contributed by atoms with E-state index in [-0.39, 0.29) is 24.1 Å². The molecule has 8 nitrogen and oxygen atoms in total. The number of fused-ring (bicyclic) bond motifs is 1. The Morgan fingerprint density at radius 3 is 2.66 bits per heavy atom. The predicted molar refractivity (Wildman–Crippen MR) is 133 cm³/mol. The normalized spacial score (nSPS) is 27.9. The summed E-state index contributed by atoms with van der Waals surface area (Å²) in [7, 11) is 1.34. The van der Waals surface area contributed by atoms with Gasteiger partial charge >= 0.3 is 5.97 Å². The molecular weight excluding hydrogens is 446 g/mol. The first-order valence-electron chi connectivity index (χ1n) is 12.8. The average Bonchev–Trinajstić information content (AvgIpc) is 3.32. The zero-order valence-corrected chi connectivity index (χ0v) is 21.3. The van der Waals surface area contributed by atoms with Crippen LogP contribution in [0, 0.1) is 11.8 Å². The van der Waals surface area contributed by atoms with E-state index in [9.17, 15) is 14.7 Å². The van der Waals surface area contributed by atoms with Crippen molar-refractivity contribution < 1.29 is 24.2 Å². The molecule has 0 radical (unpaired) electrons. The number of aliphatic imine (C=N–C) groups is 1. The summed E-state index contributed by atoms with van der Waals surface area (Å²) in [4.78, 5) is 32.2. The molecule has 2 heterocycles. The van der Waals surface area contributed by atoms with Crippen molar-refractivity contribution in [2.24, 2.45) is 16.8 Å². The molecule has 1 aromatic rings. The Labute approximate surface area is 208 Å². The second kappa shape index (κ2) is 10.7. The SMILES string of the molecule is COC(=O)c1ccccc1C1=N[C@H]([C@H](O)CN2C[C@H]3CCCC[C@H]3C[C@H]2C(=O)NC(C)(C)C)CO1. The number of piperidine rings is 1. The lowest BCUT2D eigenvalue weighted by atomic mass is 9.72. The van der Waals surface area contributed by atoms with E-state index in [2.05, 4.69) is 15.2 Å². The number of methoxy groups -OCH3 is 1. The number of rotatable bonds is 6. The lowest BCUT2D eigenvalue weighted by Crippen LogP contribution is -2.59. The quantitative estimate of drug-likeness (QED) is 0.601. The Morgan fingerprint density at radius 1 is 1.23 bits per heavy atom. The minimum Gasteiger partial charge on any atom is -0.475 e. The molecule has 1 amide bonds. The fraction of sp³-hybridized carbons (Fsp3) is 0.667. The van der Waals surface area contributed by atoms with Crippen LogP contribution in [0.4, 0.5) is 0 Å². The van der Waals surface area contributed by atoms with Crippen LogP contribution in [0.2, 0.25) is 0 Å². The number of aliphatic hydroxyl groups is 1. The maximum absolute atomic E-state index is 13.2. The lowest BCUT2D eigenvalue weighted by Gasteiger charge is -2.46. The van der Waals surface area contributed by atoms with Crippen molar-refractivity contribution in [1.82, 2.24) is 10.2 Å². The standard InChI is InChI=1S/C27H39N3O5/c1-27(2,3)29-24(32)22-13-17-9-5-6-10-18(17)14-30(22)15-23(31)21-16-35-25(28-21)19-11-7-8-12-20(19)26(33)34-4/h7-8,11-12,17-18,21-23,31H,5-6,9-10,13-16H2,1-4H3,(H,29,32)/t17-,18+,21-,22-,23+/m0/s1. The van der Waals surface area contributed by atoms with Gasteiger partial charge in [-0.05, 0) is 57.6 Å². The summed E-state index contributed by atoms with van der Waals surface area (Å²) in [5.41, 5.74) is 0.623. The number of carbonyl (C=O) groups is 2. The molecule has 0 bridgehead atoms. The smallest absolute Gasteiger partial charge is 0.338 e. The molecule has 1 saturated carbocycles. The summed E-state index contributed by atoms with van der Waals surface area (Å²) >= 11 is 0. The number of hydrogen-bond donors (Lipinski definition) is 2. The maximum Gasteiger partial charge on any atom is 0.338 e. The largest absolute Gasteiger partial charge is 0.475 e. The molecule has 0 unspecified atom stereocenters. The number of aliphatic hydroxyl groups excluding tert-OH is 1. The van der Waals surface area contributed by atoms with Gasteiger partial charge in [-0.3, -0.25) is 9.69 Å². The Hall–Kier alpha value is -2.45. The van der Waals surface area contributed by atoms with Crippen molar-refractivity contribution in [3.8, 4) is 0 Å². The molecule has 35 heavy (non-hydrogen) atoms. The second-order valence-corrected chi connectivity index (χ2v) is 11.2. The highest BCUT2D eigenvalue weighted by molar-refractivity contribution is 6.05. The zero-order chi connectivity index (χ0) is 25.2. The van der Waals surface area contributed by atoms with E-state index >= 15 is 0 Å². The molecule has 8 heteroatoms. The van der Waals surface area contributed by atoms with Crippen molar-refractivity contribution in [2.75, 3.05) is 26.8 Å². The third-order valence-electron chi connectivity index (χ3n) is 7.41. The molecule has 0 aromatic heterocycles. The highest BCUT2D eigenvalue weighted by Crippen LogP contribution is 2.39. The number of ether oxygens (including phenoxy) is 2. The Bertz CT molecular complexity index is 956. The van der Waals surface area contributed by atoms with Crippen molar-refractivity contribution in [3.05, 3.63) is 35.4 Å². The van der Waals surface area contributed by atoms with E-state index in [1.807, 2.05) is 26.8 Å². The van der Waals surface area contributed by atoms with Gasteiger partial charge in [0.2, 0.25) is 11.8 Å². The fourth-order valence-corrected chi connectivity index (χ4v) is 5.68. The third kappa shape index (κ3) is 6.04. The topological polar surface area (TPSA) is 100 Å². The summed E-state index contributed by atoms with van der Waals surface area (Å²) in [6, 6.07) is 6.28. The average molecular weight is 486 g/mol. The van der Waals surface area contributed by atoms with Crippen molar-refractivity contribution in [2.45, 2.75) is 76.6 Å². The second-order valence-electron chi connectivity index (χ2n) is 11.2. The molecule has 1 saturated heterocycles. The van der Waals surface area contributed by atoms with Gasteiger partial charge in [0.05, 0.1) is 30.4 Å². The van der Waals surface area contributed by atoms with Gasteiger partial charge in [-0.2, -0.15) is 0 Å². The van der Waals surface area contributed by atoms with Crippen LogP contribution < -0.4 is 5.32 Å². The first kappa shape index (κ1) is 25.6. The predicted octanol–water partition coefficient (Wildman–Crippen LogP) is 2.77. The molecule has 1 aromatic carbocycles. The molecule has 3 aliphatic rings. The number of nitrogens with zero attached hydrogens (tertiary/aromatic N) is 2. The van der Waals surface area contributed by atoms with E-state index in [1.54, 1.807) is 18.2 Å². The molecule has 1 aliphatic carbocycles. The number of esters is 1. The molecule has 192 valence electrons. The first-order chi connectivity index (χ1) is 16.7. The van der Waals surface area contributed by atoms with Crippen LogP contribution in [0.5, 0.6) is 0 Å². The van der Waals surface area contributed by atoms with Crippen molar-refractivity contribution in [3.63, 3.8) is 0 Å². The lowest BCUT2D eigenvalue weighted by molar-refractivity contribution is -0.132. The molecule has 2 aliphatic heterocycles. The van der Waals surface area contributed by atoms with Gasteiger partial charge in [0, 0.05) is 18.6 Å². The minimum atomic E-state index is -0.789. The molecular formula is C27H39N3O5. The van der Waals surface area contributed by atoms with Crippen LogP contribution in [0.15, 0.2) is 29.3 Å². The molecule has 0 spiro atoms. The van der Waals surface area contributed by atoms with Gasteiger partial charge in [0.1, 0.15) is 12.6 Å². The van der Waals surface area contributed by atoms with Crippen molar-refractivity contribution in [1.29, 1.82) is 0 Å².